The van der Waals surface area contributed by atoms with Crippen LogP contribution < -0.4 is 10.5 Å². The van der Waals surface area contributed by atoms with Crippen molar-refractivity contribution in [1.82, 2.24) is 0 Å². The van der Waals surface area contributed by atoms with E-state index in [-0.39, 0.29) is 5.97 Å². The van der Waals surface area contributed by atoms with Crippen LogP contribution in [0.4, 0.5) is 0 Å². The van der Waals surface area contributed by atoms with E-state index >= 15 is 0 Å². The number of esters is 1. The molecule has 1 aliphatic rings. The zero-order valence-electron chi connectivity index (χ0n) is 11.6. The maximum absolute atomic E-state index is 11.4. The maximum atomic E-state index is 11.4. The van der Waals surface area contributed by atoms with Gasteiger partial charge < -0.3 is 15.2 Å². The summed E-state index contributed by atoms with van der Waals surface area (Å²) in [5, 5.41) is 0. The maximum Gasteiger partial charge on any atom is 0.322 e. The molecule has 0 radical (unpaired) electrons. The number of fused-ring (bicyclic) bond motifs is 1. The van der Waals surface area contributed by atoms with Crippen LogP contribution in [-0.4, -0.2) is 25.7 Å². The predicted molar refractivity (Wildman–Crippen MR) is 73.3 cm³/mol. The summed E-state index contributed by atoms with van der Waals surface area (Å²) in [4.78, 5) is 11.4. The molecule has 104 valence electrons. The number of methoxy groups -OCH3 is 1. The van der Waals surface area contributed by atoms with Crippen molar-refractivity contribution in [3.05, 3.63) is 28.8 Å². The summed E-state index contributed by atoms with van der Waals surface area (Å²) in [6.45, 7) is 2.57. The topological polar surface area (TPSA) is 61.5 Å². The van der Waals surface area contributed by atoms with Crippen LogP contribution in [0.15, 0.2) is 12.1 Å². The number of nitrogens with two attached hydrogens (primary N) is 1. The van der Waals surface area contributed by atoms with Crippen molar-refractivity contribution in [2.45, 2.75) is 38.6 Å². The van der Waals surface area contributed by atoms with E-state index in [1.54, 1.807) is 0 Å². The number of ether oxygens (including phenoxy) is 2. The zero-order chi connectivity index (χ0) is 13.8. The van der Waals surface area contributed by atoms with Crippen molar-refractivity contribution >= 4 is 5.97 Å². The third-order valence-electron chi connectivity index (χ3n) is 3.52. The Kier molecular flexibility index (Phi) is 4.43. The Labute approximate surface area is 113 Å². The third kappa shape index (κ3) is 3.07. The van der Waals surface area contributed by atoms with Crippen molar-refractivity contribution in [1.29, 1.82) is 0 Å². The molecule has 0 saturated heterocycles. The molecule has 0 fully saturated rings. The van der Waals surface area contributed by atoms with Gasteiger partial charge in [-0.3, -0.25) is 4.79 Å². The van der Waals surface area contributed by atoms with Crippen molar-refractivity contribution in [3.63, 3.8) is 0 Å². The van der Waals surface area contributed by atoms with Gasteiger partial charge in [-0.25, -0.2) is 0 Å². The predicted octanol–water partition coefficient (Wildman–Crippen LogP) is 1.62. The minimum absolute atomic E-state index is 0.386. The highest BCUT2D eigenvalue weighted by Crippen LogP contribution is 2.30. The first-order valence-electron chi connectivity index (χ1n) is 6.76. The zero-order valence-corrected chi connectivity index (χ0v) is 11.6. The number of hydrogen-bond donors (Lipinski definition) is 1. The fraction of sp³-hybridized carbons (Fsp3) is 0.533. The van der Waals surface area contributed by atoms with Gasteiger partial charge in [0.05, 0.1) is 13.7 Å². The molecule has 1 unspecified atom stereocenters. The molecule has 2 rings (SSSR count). The highest BCUT2D eigenvalue weighted by molar-refractivity contribution is 5.75. The monoisotopic (exact) mass is 263 g/mol. The minimum Gasteiger partial charge on any atom is -0.494 e. The molecule has 1 aromatic rings. The molecule has 4 nitrogen and oxygen atoms in total. The Morgan fingerprint density at radius 2 is 2.05 bits per heavy atom. The molecule has 0 saturated carbocycles. The highest BCUT2D eigenvalue weighted by Gasteiger charge is 2.20. The summed E-state index contributed by atoms with van der Waals surface area (Å²) in [5.41, 5.74) is 9.56. The molecular weight excluding hydrogens is 242 g/mol. The lowest BCUT2D eigenvalue weighted by Gasteiger charge is -2.15. The number of carbonyl (C=O) groups is 1. The number of aryl methyl sites for hydroxylation is 2. The smallest absolute Gasteiger partial charge is 0.322 e. The SMILES string of the molecule is CCOc1cc2c(cc1CC(N)C(=O)OC)CCC2. The van der Waals surface area contributed by atoms with E-state index in [1.165, 1.54) is 24.7 Å². The van der Waals surface area contributed by atoms with Crippen LogP contribution in [0.1, 0.15) is 30.0 Å². The van der Waals surface area contributed by atoms with Crippen molar-refractivity contribution in [3.8, 4) is 5.75 Å². The second kappa shape index (κ2) is 6.06. The lowest BCUT2D eigenvalue weighted by molar-refractivity contribution is -0.142. The van der Waals surface area contributed by atoms with E-state index in [0.29, 0.717) is 13.0 Å². The average molecular weight is 263 g/mol. The van der Waals surface area contributed by atoms with Gasteiger partial charge in [-0.15, -0.1) is 0 Å². The summed E-state index contributed by atoms with van der Waals surface area (Å²) in [6, 6.07) is 3.60. The normalized spacial score (nSPS) is 14.9. The Hall–Kier alpha value is -1.55. The molecule has 1 aliphatic carbocycles. The van der Waals surface area contributed by atoms with E-state index in [2.05, 4.69) is 16.9 Å². The largest absolute Gasteiger partial charge is 0.494 e. The lowest BCUT2D eigenvalue weighted by atomic mass is 10.00. The molecule has 0 bridgehead atoms. The van der Waals surface area contributed by atoms with Crippen LogP contribution in [0.25, 0.3) is 0 Å². The Balaban J connectivity index is 2.24. The van der Waals surface area contributed by atoms with Gasteiger partial charge in [-0.2, -0.15) is 0 Å². The fourth-order valence-corrected chi connectivity index (χ4v) is 2.57. The van der Waals surface area contributed by atoms with Crippen molar-refractivity contribution in [2.75, 3.05) is 13.7 Å². The summed E-state index contributed by atoms with van der Waals surface area (Å²) in [7, 11) is 1.36. The van der Waals surface area contributed by atoms with E-state index in [4.69, 9.17) is 10.5 Å². The summed E-state index contributed by atoms with van der Waals surface area (Å²) in [5.74, 6) is 0.463. The van der Waals surface area contributed by atoms with Crippen LogP contribution in [-0.2, 0) is 28.8 Å². The molecule has 0 amide bonds. The van der Waals surface area contributed by atoms with Crippen LogP contribution in [0, 0.1) is 0 Å². The van der Waals surface area contributed by atoms with Crippen molar-refractivity contribution < 1.29 is 14.3 Å². The standard InChI is InChI=1S/C15H21NO3/c1-3-19-14-9-11-6-4-5-10(11)7-12(14)8-13(16)15(17)18-2/h7,9,13H,3-6,8,16H2,1-2H3. The van der Waals surface area contributed by atoms with Gasteiger partial charge in [-0.05, 0) is 48.9 Å². The molecular formula is C15H21NO3. The molecule has 1 aromatic carbocycles. The van der Waals surface area contributed by atoms with Gasteiger partial charge in [0, 0.05) is 6.42 Å². The fourth-order valence-electron chi connectivity index (χ4n) is 2.57. The molecule has 0 heterocycles. The number of hydrogen-bond acceptors (Lipinski definition) is 4. The van der Waals surface area contributed by atoms with Crippen molar-refractivity contribution in [2.24, 2.45) is 5.73 Å². The molecule has 0 aromatic heterocycles. The first-order chi connectivity index (χ1) is 9.15. The minimum atomic E-state index is -0.636. The van der Waals surface area contributed by atoms with Gasteiger partial charge in [0.15, 0.2) is 0 Å². The molecule has 2 N–H and O–H groups in total. The second-order valence-electron chi connectivity index (χ2n) is 4.85. The van der Waals surface area contributed by atoms with Gasteiger partial charge in [0.25, 0.3) is 0 Å². The summed E-state index contributed by atoms with van der Waals surface area (Å²) in [6.07, 6.45) is 3.85. The van der Waals surface area contributed by atoms with Crippen LogP contribution >= 0.6 is 0 Å². The number of carbonyl (C=O) groups excluding carboxylic acids is 1. The van der Waals surface area contributed by atoms with Crippen LogP contribution in [0.5, 0.6) is 5.75 Å². The first-order valence-corrected chi connectivity index (χ1v) is 6.76. The third-order valence-corrected chi connectivity index (χ3v) is 3.52. The molecule has 4 heteroatoms. The van der Waals surface area contributed by atoms with Gasteiger partial charge in [-0.1, -0.05) is 6.07 Å². The number of benzene rings is 1. The Bertz CT molecular complexity index is 471. The molecule has 1 atom stereocenters. The lowest BCUT2D eigenvalue weighted by Crippen LogP contribution is -2.33. The van der Waals surface area contributed by atoms with E-state index < -0.39 is 6.04 Å². The summed E-state index contributed by atoms with van der Waals surface area (Å²) < 4.78 is 10.3. The first kappa shape index (κ1) is 13.9. The Morgan fingerprint density at radius 1 is 1.37 bits per heavy atom. The number of rotatable bonds is 5. The molecule has 19 heavy (non-hydrogen) atoms. The quantitative estimate of drug-likeness (QED) is 0.820. The molecule has 0 spiro atoms. The summed E-state index contributed by atoms with van der Waals surface area (Å²) >= 11 is 0. The van der Waals surface area contributed by atoms with Gasteiger partial charge in [0.2, 0.25) is 0 Å². The van der Waals surface area contributed by atoms with Crippen LogP contribution in [0.3, 0.4) is 0 Å². The Morgan fingerprint density at radius 3 is 2.68 bits per heavy atom. The van der Waals surface area contributed by atoms with E-state index in [0.717, 1.165) is 24.2 Å². The van der Waals surface area contributed by atoms with E-state index in [1.807, 2.05) is 6.92 Å². The average Bonchev–Trinajstić information content (AvgIpc) is 2.85. The second-order valence-corrected chi connectivity index (χ2v) is 4.85. The van der Waals surface area contributed by atoms with Gasteiger partial charge in [0.1, 0.15) is 11.8 Å². The van der Waals surface area contributed by atoms with Crippen LogP contribution in [0.2, 0.25) is 0 Å². The van der Waals surface area contributed by atoms with E-state index in [9.17, 15) is 4.79 Å². The van der Waals surface area contributed by atoms with Gasteiger partial charge >= 0.3 is 5.97 Å². The highest BCUT2D eigenvalue weighted by atomic mass is 16.5. The molecule has 0 aliphatic heterocycles.